The number of rotatable bonds is 6. The van der Waals surface area contributed by atoms with Gasteiger partial charge in [0.25, 0.3) is 0 Å². The molecule has 0 radical (unpaired) electrons. The van der Waals surface area contributed by atoms with Crippen molar-refractivity contribution < 1.29 is 4.79 Å². The summed E-state index contributed by atoms with van der Waals surface area (Å²) < 4.78 is 2.33. The molecule has 194 valence electrons. The summed E-state index contributed by atoms with van der Waals surface area (Å²) >= 11 is 5.81. The van der Waals surface area contributed by atoms with Crippen LogP contribution in [0.15, 0.2) is 72.9 Å². The minimum Gasteiger partial charge on any atom is -0.352 e. The van der Waals surface area contributed by atoms with E-state index in [2.05, 4.69) is 73.0 Å². The van der Waals surface area contributed by atoms with Crippen molar-refractivity contribution in [1.82, 2.24) is 19.8 Å². The first-order valence-electron chi connectivity index (χ1n) is 12.8. The van der Waals surface area contributed by atoms with E-state index >= 15 is 0 Å². The third kappa shape index (κ3) is 4.82. The topological polar surface area (TPSA) is 62.2 Å². The fourth-order valence-electron chi connectivity index (χ4n) is 5.75. The molecule has 7 heteroatoms. The number of carbonyl (C=O) groups is 1. The van der Waals surface area contributed by atoms with Gasteiger partial charge >= 0.3 is 0 Å². The van der Waals surface area contributed by atoms with Crippen LogP contribution < -0.4 is 10.6 Å². The first kappa shape index (κ1) is 25.7. The van der Waals surface area contributed by atoms with Crippen LogP contribution in [0.1, 0.15) is 51.4 Å². The van der Waals surface area contributed by atoms with E-state index < -0.39 is 0 Å². The zero-order chi connectivity index (χ0) is 27.0. The molecular weight excluding hydrogens is 490 g/mol. The van der Waals surface area contributed by atoms with Gasteiger partial charge in [0, 0.05) is 23.3 Å². The minimum atomic E-state index is -0.204. The summed E-state index contributed by atoms with van der Waals surface area (Å²) in [5.74, 6) is -0.119. The second-order valence-electron chi connectivity index (χ2n) is 10.1. The zero-order valence-corrected chi connectivity index (χ0v) is 23.3. The van der Waals surface area contributed by atoms with Gasteiger partial charge in [-0.15, -0.1) is 0 Å². The van der Waals surface area contributed by atoms with Crippen LogP contribution in [-0.2, 0) is 4.79 Å². The molecule has 0 unspecified atom stereocenters. The van der Waals surface area contributed by atoms with E-state index in [1.54, 1.807) is 6.20 Å². The number of hydrogen-bond acceptors (Lipinski definition) is 3. The Labute approximate surface area is 229 Å². The van der Waals surface area contributed by atoms with Crippen LogP contribution in [0.2, 0.25) is 0 Å². The SMILES string of the molecule is Cc1cc(C)c(-n2c(C)cc([C@H]3[C@@H](c4ccccn4)NC(=S)N3CC(=O)Nc3ccccc3)c2C)c(C)c1. The van der Waals surface area contributed by atoms with Crippen molar-refractivity contribution in [2.45, 2.75) is 46.7 Å². The van der Waals surface area contributed by atoms with E-state index in [-0.39, 0.29) is 24.5 Å². The van der Waals surface area contributed by atoms with Crippen LogP contribution in [0.5, 0.6) is 0 Å². The first-order valence-corrected chi connectivity index (χ1v) is 13.3. The minimum absolute atomic E-state index is 0.119. The fraction of sp³-hybridized carbons (Fsp3) is 0.258. The van der Waals surface area contributed by atoms with Crippen molar-refractivity contribution >= 4 is 28.9 Å². The number of anilines is 1. The van der Waals surface area contributed by atoms with Crippen molar-refractivity contribution in [3.8, 4) is 5.69 Å². The number of para-hydroxylation sites is 1. The number of hydrogen-bond donors (Lipinski definition) is 2. The average molecular weight is 524 g/mol. The lowest BCUT2D eigenvalue weighted by atomic mass is 9.96. The van der Waals surface area contributed by atoms with Gasteiger partial charge in [-0.3, -0.25) is 9.78 Å². The van der Waals surface area contributed by atoms with Crippen molar-refractivity contribution in [3.05, 3.63) is 112 Å². The van der Waals surface area contributed by atoms with E-state index in [4.69, 9.17) is 12.2 Å². The van der Waals surface area contributed by atoms with E-state index in [0.29, 0.717) is 5.11 Å². The zero-order valence-electron chi connectivity index (χ0n) is 22.4. The Balaban J connectivity index is 1.58. The summed E-state index contributed by atoms with van der Waals surface area (Å²) in [5.41, 5.74) is 9.96. The molecule has 0 saturated carbocycles. The highest BCUT2D eigenvalue weighted by Crippen LogP contribution is 2.41. The van der Waals surface area contributed by atoms with Crippen molar-refractivity contribution in [1.29, 1.82) is 0 Å². The molecule has 4 aromatic rings. The molecule has 5 rings (SSSR count). The van der Waals surface area contributed by atoms with Crippen LogP contribution in [-0.4, -0.2) is 32.0 Å². The second kappa shape index (κ2) is 10.4. The monoisotopic (exact) mass is 523 g/mol. The molecule has 38 heavy (non-hydrogen) atoms. The third-order valence-corrected chi connectivity index (χ3v) is 7.57. The Morgan fingerprint density at radius 1 is 0.974 bits per heavy atom. The molecule has 1 aliphatic heterocycles. The molecule has 2 atom stereocenters. The molecule has 1 saturated heterocycles. The molecule has 2 N–H and O–H groups in total. The lowest BCUT2D eigenvalue weighted by Gasteiger charge is -2.28. The van der Waals surface area contributed by atoms with Gasteiger partial charge in [-0.05, 0) is 93.9 Å². The van der Waals surface area contributed by atoms with E-state index in [0.717, 1.165) is 28.3 Å². The summed E-state index contributed by atoms with van der Waals surface area (Å²) in [6.45, 7) is 10.9. The Morgan fingerprint density at radius 2 is 1.66 bits per heavy atom. The molecule has 0 spiro atoms. The summed E-state index contributed by atoms with van der Waals surface area (Å²) in [6, 6.07) is 21.7. The lowest BCUT2D eigenvalue weighted by molar-refractivity contribution is -0.116. The van der Waals surface area contributed by atoms with Crippen LogP contribution in [0.4, 0.5) is 5.69 Å². The van der Waals surface area contributed by atoms with Gasteiger partial charge in [-0.2, -0.15) is 0 Å². The molecule has 6 nitrogen and oxygen atoms in total. The number of carbonyl (C=O) groups excluding carboxylic acids is 1. The largest absolute Gasteiger partial charge is 0.352 e. The highest BCUT2D eigenvalue weighted by Gasteiger charge is 2.42. The lowest BCUT2D eigenvalue weighted by Crippen LogP contribution is -2.37. The number of nitrogens with one attached hydrogen (secondary N) is 2. The van der Waals surface area contributed by atoms with E-state index in [1.807, 2.05) is 53.4 Å². The van der Waals surface area contributed by atoms with Gasteiger partial charge in [0.05, 0.1) is 23.5 Å². The summed E-state index contributed by atoms with van der Waals surface area (Å²) in [6.07, 6.45) is 1.80. The molecule has 0 aliphatic carbocycles. The summed E-state index contributed by atoms with van der Waals surface area (Å²) in [5, 5.41) is 7.02. The maximum atomic E-state index is 13.2. The van der Waals surface area contributed by atoms with Crippen LogP contribution in [0, 0.1) is 34.6 Å². The quantitative estimate of drug-likeness (QED) is 0.303. The normalized spacial score (nSPS) is 17.0. The highest BCUT2D eigenvalue weighted by molar-refractivity contribution is 7.80. The summed E-state index contributed by atoms with van der Waals surface area (Å²) in [7, 11) is 0. The number of nitrogens with zero attached hydrogens (tertiary/aromatic N) is 3. The predicted octanol–water partition coefficient (Wildman–Crippen LogP) is 6.03. The number of aryl methyl sites for hydroxylation is 4. The van der Waals surface area contributed by atoms with Crippen LogP contribution >= 0.6 is 12.2 Å². The standard InChI is InChI=1S/C31H33N5OS/c1-19-15-20(2)29(21(3)16-19)36-22(4)17-25(23(36)5)30-28(26-13-9-10-14-32-26)34-31(38)35(30)18-27(37)33-24-11-7-6-8-12-24/h6-17,28,30H,18H2,1-5H3,(H,33,37)(H,34,38)/t28-,30+/m1/s1. The highest BCUT2D eigenvalue weighted by atomic mass is 32.1. The maximum absolute atomic E-state index is 13.2. The second-order valence-corrected chi connectivity index (χ2v) is 10.5. The molecule has 0 bridgehead atoms. The molecule has 1 fully saturated rings. The van der Waals surface area contributed by atoms with E-state index in [9.17, 15) is 4.79 Å². The number of pyridine rings is 1. The Hall–Kier alpha value is -3.97. The first-order chi connectivity index (χ1) is 18.2. The Kier molecular flexibility index (Phi) is 7.04. The van der Waals surface area contributed by atoms with Gasteiger partial charge in [-0.1, -0.05) is 42.0 Å². The number of thiocarbonyl (C=S) groups is 1. The van der Waals surface area contributed by atoms with Crippen molar-refractivity contribution in [2.24, 2.45) is 0 Å². The van der Waals surface area contributed by atoms with Gasteiger partial charge in [-0.25, -0.2) is 0 Å². The summed E-state index contributed by atoms with van der Waals surface area (Å²) in [4.78, 5) is 19.8. The molecule has 1 amide bonds. The molecule has 1 aliphatic rings. The van der Waals surface area contributed by atoms with Crippen molar-refractivity contribution in [3.63, 3.8) is 0 Å². The van der Waals surface area contributed by atoms with Gasteiger partial charge < -0.3 is 20.1 Å². The third-order valence-electron chi connectivity index (χ3n) is 7.22. The molecule has 2 aromatic heterocycles. The molecular formula is C31H33N5OS. The van der Waals surface area contributed by atoms with E-state index in [1.165, 1.54) is 22.4 Å². The molecule has 3 heterocycles. The average Bonchev–Trinajstić information content (AvgIpc) is 3.35. The number of amides is 1. The van der Waals surface area contributed by atoms with Crippen molar-refractivity contribution in [2.75, 3.05) is 11.9 Å². The smallest absolute Gasteiger partial charge is 0.244 e. The Morgan fingerprint density at radius 3 is 2.32 bits per heavy atom. The van der Waals surface area contributed by atoms with Gasteiger partial charge in [0.15, 0.2) is 5.11 Å². The van der Waals surface area contributed by atoms with Crippen LogP contribution in [0.3, 0.4) is 0 Å². The Bertz CT molecular complexity index is 1470. The molecule has 2 aromatic carbocycles. The number of aromatic nitrogens is 2. The predicted molar refractivity (Wildman–Crippen MR) is 157 cm³/mol. The van der Waals surface area contributed by atoms with Gasteiger partial charge in [0.2, 0.25) is 5.91 Å². The van der Waals surface area contributed by atoms with Gasteiger partial charge in [0.1, 0.15) is 6.54 Å². The number of benzene rings is 2. The fourth-order valence-corrected chi connectivity index (χ4v) is 6.05. The van der Waals surface area contributed by atoms with Crippen LogP contribution in [0.25, 0.3) is 5.69 Å². The maximum Gasteiger partial charge on any atom is 0.244 e.